The smallest absolute Gasteiger partial charge is 0.343 e. The van der Waals surface area contributed by atoms with Crippen LogP contribution in [0.4, 0.5) is 0 Å². The number of fused-ring (bicyclic) bond motifs is 1. The highest BCUT2D eigenvalue weighted by Crippen LogP contribution is 2.29. The fourth-order valence-electron chi connectivity index (χ4n) is 2.52. The summed E-state index contributed by atoms with van der Waals surface area (Å²) < 4.78 is 35.3. The molecule has 0 bridgehead atoms. The molecule has 24 heavy (non-hydrogen) atoms. The van der Waals surface area contributed by atoms with Crippen molar-refractivity contribution in [1.29, 1.82) is 0 Å². The molecule has 2 aromatic rings. The molecule has 9 heteroatoms. The molecule has 0 saturated carbocycles. The predicted molar refractivity (Wildman–Crippen MR) is 80.9 cm³/mol. The van der Waals surface area contributed by atoms with Gasteiger partial charge in [-0.15, -0.1) is 0 Å². The van der Waals surface area contributed by atoms with Gasteiger partial charge in [-0.05, 0) is 26.0 Å². The molecule has 0 spiro atoms. The van der Waals surface area contributed by atoms with Crippen molar-refractivity contribution in [3.8, 4) is 0 Å². The molecule has 0 fully saturated rings. The van der Waals surface area contributed by atoms with Crippen LogP contribution in [-0.2, 0) is 14.8 Å². The molecule has 2 heterocycles. The van der Waals surface area contributed by atoms with E-state index in [2.05, 4.69) is 5.16 Å². The standard InChI is InChI=1S/C15H14N2O6S/c1-9-13(10(2)23-16-9)15(19)22-8-7-17-14(18)11-5-3-4-6-12(11)24(17,20)21/h3-6H,7-8H2,1-2H3. The van der Waals surface area contributed by atoms with Crippen LogP contribution < -0.4 is 0 Å². The topological polar surface area (TPSA) is 107 Å². The Morgan fingerprint density at radius 1 is 1.29 bits per heavy atom. The second kappa shape index (κ2) is 5.75. The summed E-state index contributed by atoms with van der Waals surface area (Å²) in [6, 6.07) is 5.96. The van der Waals surface area contributed by atoms with E-state index < -0.39 is 21.9 Å². The lowest BCUT2D eigenvalue weighted by Crippen LogP contribution is -2.33. The van der Waals surface area contributed by atoms with E-state index >= 15 is 0 Å². The summed E-state index contributed by atoms with van der Waals surface area (Å²) >= 11 is 0. The molecule has 8 nitrogen and oxygen atoms in total. The minimum atomic E-state index is -3.90. The van der Waals surface area contributed by atoms with Crippen LogP contribution in [-0.4, -0.2) is 42.9 Å². The van der Waals surface area contributed by atoms with E-state index in [1.165, 1.54) is 12.1 Å². The number of ether oxygens (including phenoxy) is 1. The number of esters is 1. The first-order chi connectivity index (χ1) is 11.3. The average Bonchev–Trinajstić information content (AvgIpc) is 2.97. The SMILES string of the molecule is Cc1noc(C)c1C(=O)OCCN1C(=O)c2ccccc2S1(=O)=O. The molecule has 0 atom stereocenters. The number of rotatable bonds is 4. The summed E-state index contributed by atoms with van der Waals surface area (Å²) in [6.45, 7) is 2.65. The molecule has 0 radical (unpaired) electrons. The Bertz CT molecular complexity index is 912. The minimum absolute atomic E-state index is 0.0351. The molecule has 126 valence electrons. The molecule has 0 unspecified atom stereocenters. The van der Waals surface area contributed by atoms with E-state index in [0.29, 0.717) is 15.8 Å². The molecule has 0 saturated heterocycles. The lowest BCUT2D eigenvalue weighted by molar-refractivity contribution is 0.0475. The third-order valence-electron chi connectivity index (χ3n) is 3.68. The maximum absolute atomic E-state index is 12.3. The van der Waals surface area contributed by atoms with Crippen LogP contribution in [0, 0.1) is 13.8 Å². The zero-order chi connectivity index (χ0) is 17.5. The van der Waals surface area contributed by atoms with Crippen LogP contribution in [0.3, 0.4) is 0 Å². The summed E-state index contributed by atoms with van der Waals surface area (Å²) in [5, 5.41) is 3.65. The van der Waals surface area contributed by atoms with Gasteiger partial charge in [0.1, 0.15) is 22.8 Å². The van der Waals surface area contributed by atoms with Gasteiger partial charge in [-0.2, -0.15) is 0 Å². The zero-order valence-corrected chi connectivity index (χ0v) is 13.8. The van der Waals surface area contributed by atoms with Gasteiger partial charge in [-0.1, -0.05) is 17.3 Å². The number of sulfonamides is 1. The van der Waals surface area contributed by atoms with E-state index in [1.807, 2.05) is 0 Å². The Labute approximate surface area is 138 Å². The maximum Gasteiger partial charge on any atom is 0.343 e. The molecule has 1 aromatic carbocycles. The number of aryl methyl sites for hydroxylation is 2. The van der Waals surface area contributed by atoms with Gasteiger partial charge in [-0.25, -0.2) is 17.5 Å². The van der Waals surface area contributed by atoms with E-state index in [0.717, 1.165) is 0 Å². The van der Waals surface area contributed by atoms with Crippen LogP contribution in [0.2, 0.25) is 0 Å². The van der Waals surface area contributed by atoms with Gasteiger partial charge in [0, 0.05) is 0 Å². The lowest BCUT2D eigenvalue weighted by atomic mass is 10.2. The van der Waals surface area contributed by atoms with E-state index in [9.17, 15) is 18.0 Å². The van der Waals surface area contributed by atoms with Gasteiger partial charge in [0.05, 0.1) is 17.8 Å². The van der Waals surface area contributed by atoms with E-state index in [4.69, 9.17) is 9.26 Å². The zero-order valence-electron chi connectivity index (χ0n) is 13.0. The Hall–Kier alpha value is -2.68. The fourth-order valence-corrected chi connectivity index (χ4v) is 4.07. The van der Waals surface area contributed by atoms with Crippen molar-refractivity contribution in [2.75, 3.05) is 13.2 Å². The number of benzene rings is 1. The highest BCUT2D eigenvalue weighted by molar-refractivity contribution is 7.90. The second-order valence-electron chi connectivity index (χ2n) is 5.21. The van der Waals surface area contributed by atoms with Crippen molar-refractivity contribution in [2.24, 2.45) is 0 Å². The van der Waals surface area contributed by atoms with Crippen molar-refractivity contribution in [3.05, 3.63) is 46.8 Å². The average molecular weight is 350 g/mol. The maximum atomic E-state index is 12.3. The first kappa shape index (κ1) is 16.2. The van der Waals surface area contributed by atoms with E-state index in [-0.39, 0.29) is 29.2 Å². The third-order valence-corrected chi connectivity index (χ3v) is 5.52. The lowest BCUT2D eigenvalue weighted by Gasteiger charge is -2.14. The normalized spacial score (nSPS) is 15.4. The quantitative estimate of drug-likeness (QED) is 0.765. The molecular weight excluding hydrogens is 336 g/mol. The van der Waals surface area contributed by atoms with Crippen LogP contribution in [0.25, 0.3) is 0 Å². The van der Waals surface area contributed by atoms with Crippen molar-refractivity contribution < 1.29 is 27.3 Å². The van der Waals surface area contributed by atoms with Crippen LogP contribution in [0.1, 0.15) is 32.2 Å². The summed E-state index contributed by atoms with van der Waals surface area (Å²) in [5.74, 6) is -0.985. The van der Waals surface area contributed by atoms with Crippen LogP contribution >= 0.6 is 0 Å². The predicted octanol–water partition coefficient (Wildman–Crippen LogP) is 1.29. The Morgan fingerprint density at radius 3 is 2.62 bits per heavy atom. The minimum Gasteiger partial charge on any atom is -0.460 e. The number of hydrogen-bond donors (Lipinski definition) is 0. The largest absolute Gasteiger partial charge is 0.460 e. The van der Waals surface area contributed by atoms with Gasteiger partial charge in [0.2, 0.25) is 0 Å². The monoisotopic (exact) mass is 350 g/mol. The molecule has 0 aliphatic carbocycles. The summed E-state index contributed by atoms with van der Waals surface area (Å²) in [7, 11) is -3.90. The first-order valence-electron chi connectivity index (χ1n) is 7.10. The van der Waals surface area contributed by atoms with Gasteiger partial charge in [0.25, 0.3) is 15.9 Å². The Kier molecular flexibility index (Phi) is 3.88. The molecule has 1 aliphatic rings. The highest BCUT2D eigenvalue weighted by Gasteiger charge is 2.40. The molecule has 3 rings (SSSR count). The fraction of sp³-hybridized carbons (Fsp3) is 0.267. The molecule has 0 N–H and O–H groups in total. The molecule has 1 amide bonds. The van der Waals surface area contributed by atoms with Gasteiger partial charge >= 0.3 is 5.97 Å². The first-order valence-corrected chi connectivity index (χ1v) is 8.54. The van der Waals surface area contributed by atoms with Gasteiger partial charge in [0.15, 0.2) is 0 Å². The molecule has 1 aromatic heterocycles. The summed E-state index contributed by atoms with van der Waals surface area (Å²) in [5.41, 5.74) is 0.707. The van der Waals surface area contributed by atoms with E-state index in [1.54, 1.807) is 26.0 Å². The van der Waals surface area contributed by atoms with Crippen molar-refractivity contribution in [3.63, 3.8) is 0 Å². The van der Waals surface area contributed by atoms with Crippen molar-refractivity contribution in [1.82, 2.24) is 9.46 Å². The second-order valence-corrected chi connectivity index (χ2v) is 7.04. The van der Waals surface area contributed by atoms with Crippen LogP contribution in [0.5, 0.6) is 0 Å². The number of amides is 1. The summed E-state index contributed by atoms with van der Waals surface area (Å²) in [4.78, 5) is 24.2. The number of nitrogens with zero attached hydrogens (tertiary/aromatic N) is 2. The number of aromatic nitrogens is 1. The number of carbonyl (C=O) groups is 2. The number of carbonyl (C=O) groups excluding carboxylic acids is 2. The van der Waals surface area contributed by atoms with Gasteiger partial charge < -0.3 is 9.26 Å². The third kappa shape index (κ3) is 2.46. The van der Waals surface area contributed by atoms with Crippen molar-refractivity contribution >= 4 is 21.9 Å². The molecular formula is C15H14N2O6S. The highest BCUT2D eigenvalue weighted by atomic mass is 32.2. The van der Waals surface area contributed by atoms with Crippen molar-refractivity contribution in [2.45, 2.75) is 18.7 Å². The Balaban J connectivity index is 1.70. The summed E-state index contributed by atoms with van der Waals surface area (Å²) in [6.07, 6.45) is 0. The number of hydrogen-bond acceptors (Lipinski definition) is 7. The Morgan fingerprint density at radius 2 is 2.00 bits per heavy atom. The van der Waals surface area contributed by atoms with Gasteiger partial charge in [-0.3, -0.25) is 4.79 Å². The van der Waals surface area contributed by atoms with Crippen LogP contribution in [0.15, 0.2) is 33.7 Å². The molecule has 1 aliphatic heterocycles.